The molecule has 1 N–H and O–H groups in total. The van der Waals surface area contributed by atoms with E-state index in [0.717, 1.165) is 53.1 Å². The van der Waals surface area contributed by atoms with Crippen molar-refractivity contribution in [3.8, 4) is 11.3 Å². The highest BCUT2D eigenvalue weighted by Gasteiger charge is 2.54. The first-order chi connectivity index (χ1) is 14.6. The number of benzene rings is 1. The third-order valence-electron chi connectivity index (χ3n) is 7.27. The molecule has 0 saturated heterocycles. The molecule has 158 valence electrons. The first-order valence-electron chi connectivity index (χ1n) is 10.9. The van der Waals surface area contributed by atoms with E-state index in [1.807, 2.05) is 6.08 Å². The summed E-state index contributed by atoms with van der Waals surface area (Å²) >= 11 is 3.31. The minimum absolute atomic E-state index is 0.144. The zero-order valence-electron chi connectivity index (χ0n) is 17.5. The maximum absolute atomic E-state index is 13.3. The summed E-state index contributed by atoms with van der Waals surface area (Å²) in [6, 6.07) is 8.57. The highest BCUT2D eigenvalue weighted by Crippen LogP contribution is 2.60. The van der Waals surface area contributed by atoms with E-state index in [9.17, 15) is 4.79 Å². The smallest absolute Gasteiger partial charge is 0.246 e. The van der Waals surface area contributed by atoms with Crippen molar-refractivity contribution in [3.63, 3.8) is 0 Å². The van der Waals surface area contributed by atoms with Crippen LogP contribution >= 0.6 is 23.1 Å². The van der Waals surface area contributed by atoms with E-state index in [4.69, 9.17) is 0 Å². The number of nitrogens with zero attached hydrogens (tertiary/aromatic N) is 2. The molecule has 6 heteroatoms. The van der Waals surface area contributed by atoms with Crippen molar-refractivity contribution in [1.82, 2.24) is 9.99 Å². The number of carbonyl (C=O) groups excluding carboxylic acids is 1. The van der Waals surface area contributed by atoms with Crippen LogP contribution in [0.4, 0.5) is 0 Å². The summed E-state index contributed by atoms with van der Waals surface area (Å²) in [6.45, 7) is 4.57. The van der Waals surface area contributed by atoms with Crippen LogP contribution in [0.3, 0.4) is 0 Å². The Hall–Kier alpha value is -1.79. The Balaban J connectivity index is 1.40. The van der Waals surface area contributed by atoms with Crippen molar-refractivity contribution >= 4 is 29.0 Å². The lowest BCUT2D eigenvalue weighted by Gasteiger charge is -2.55. The molecule has 2 aromatic rings. The van der Waals surface area contributed by atoms with Gasteiger partial charge in [0.2, 0.25) is 10.7 Å². The van der Waals surface area contributed by atoms with Crippen molar-refractivity contribution in [3.05, 3.63) is 47.1 Å². The van der Waals surface area contributed by atoms with Crippen LogP contribution in [-0.2, 0) is 11.3 Å². The maximum Gasteiger partial charge on any atom is 0.246 e. The second kappa shape index (κ2) is 8.04. The van der Waals surface area contributed by atoms with Crippen LogP contribution in [0.15, 0.2) is 52.3 Å². The number of thioether (sulfide) groups is 1. The Kier molecular flexibility index (Phi) is 5.40. The monoisotopic (exact) mass is 439 g/mol. The van der Waals surface area contributed by atoms with E-state index in [-0.39, 0.29) is 11.3 Å². The molecule has 0 radical (unpaired) electrons. The Morgan fingerprint density at radius 3 is 2.43 bits per heavy atom. The molecule has 1 amide bonds. The highest BCUT2D eigenvalue weighted by molar-refractivity contribution is 7.98. The fourth-order valence-electron chi connectivity index (χ4n) is 6.32. The molecule has 30 heavy (non-hydrogen) atoms. The molecule has 0 spiro atoms. The van der Waals surface area contributed by atoms with Gasteiger partial charge in [0.1, 0.15) is 0 Å². The predicted octanol–water partition coefficient (Wildman–Crippen LogP) is 5.27. The standard InChI is InChI=1S/C24H29N3OS2/c1-3-8-27-21(19-4-6-20(29-2)7-5-19)15-30-23(27)26-25-22(28)24-12-16-9-17(13-24)11-18(10-16)14-24/h3-7,15-18H,1,8-14H2,2H3,(H,25,28)/b26-23-. The summed E-state index contributed by atoms with van der Waals surface area (Å²) in [6.07, 6.45) is 11.2. The van der Waals surface area contributed by atoms with E-state index in [2.05, 4.69) is 57.6 Å². The van der Waals surface area contributed by atoms with E-state index in [1.165, 1.54) is 24.2 Å². The van der Waals surface area contributed by atoms with Gasteiger partial charge in [-0.15, -0.1) is 34.8 Å². The molecule has 4 saturated carbocycles. The lowest BCUT2D eigenvalue weighted by atomic mass is 9.49. The number of nitrogens with one attached hydrogen (secondary N) is 1. The summed E-state index contributed by atoms with van der Waals surface area (Å²) in [5.41, 5.74) is 5.06. The van der Waals surface area contributed by atoms with Gasteiger partial charge < -0.3 is 4.57 Å². The Morgan fingerprint density at radius 1 is 1.23 bits per heavy atom. The molecular weight excluding hydrogens is 410 g/mol. The average molecular weight is 440 g/mol. The van der Waals surface area contributed by atoms with Gasteiger partial charge in [-0.25, -0.2) is 5.43 Å². The molecule has 4 bridgehead atoms. The third-order valence-corrected chi connectivity index (χ3v) is 8.88. The average Bonchev–Trinajstić information content (AvgIpc) is 3.14. The van der Waals surface area contributed by atoms with Gasteiger partial charge in [0.25, 0.3) is 0 Å². The minimum atomic E-state index is -0.171. The van der Waals surface area contributed by atoms with Crippen molar-refractivity contribution in [2.75, 3.05) is 6.26 Å². The Morgan fingerprint density at radius 2 is 1.87 bits per heavy atom. The predicted molar refractivity (Wildman–Crippen MR) is 124 cm³/mol. The number of hydrogen-bond donors (Lipinski definition) is 1. The van der Waals surface area contributed by atoms with Gasteiger partial charge in [-0.2, -0.15) is 0 Å². The fourth-order valence-corrected chi connectivity index (χ4v) is 7.61. The lowest BCUT2D eigenvalue weighted by Crippen LogP contribution is -2.53. The first-order valence-corrected chi connectivity index (χ1v) is 13.0. The van der Waals surface area contributed by atoms with E-state index < -0.39 is 0 Å². The van der Waals surface area contributed by atoms with Crippen molar-refractivity contribution < 1.29 is 4.79 Å². The van der Waals surface area contributed by atoms with Gasteiger partial charge in [-0.05, 0) is 80.2 Å². The zero-order chi connectivity index (χ0) is 20.7. The van der Waals surface area contributed by atoms with Crippen LogP contribution in [-0.4, -0.2) is 16.7 Å². The Bertz CT molecular complexity index is 983. The van der Waals surface area contributed by atoms with Crippen LogP contribution in [0.2, 0.25) is 0 Å². The number of rotatable bonds is 6. The largest absolute Gasteiger partial charge is 0.311 e. The molecule has 0 aliphatic heterocycles. The minimum Gasteiger partial charge on any atom is -0.311 e. The summed E-state index contributed by atoms with van der Waals surface area (Å²) in [4.78, 5) is 15.3. The third kappa shape index (κ3) is 3.58. The van der Waals surface area contributed by atoms with Crippen LogP contribution < -0.4 is 10.2 Å². The van der Waals surface area contributed by atoms with Crippen LogP contribution in [0.5, 0.6) is 0 Å². The number of amides is 1. The topological polar surface area (TPSA) is 46.4 Å². The van der Waals surface area contributed by atoms with E-state index in [0.29, 0.717) is 6.54 Å². The second-order valence-electron chi connectivity index (χ2n) is 9.28. The van der Waals surface area contributed by atoms with Gasteiger partial charge >= 0.3 is 0 Å². The Labute approximate surface area is 186 Å². The van der Waals surface area contributed by atoms with Crippen molar-refractivity contribution in [2.24, 2.45) is 28.3 Å². The molecule has 1 aromatic carbocycles. The molecule has 1 heterocycles. The van der Waals surface area contributed by atoms with Crippen LogP contribution in [0.25, 0.3) is 11.3 Å². The van der Waals surface area contributed by atoms with Gasteiger partial charge in [0.05, 0.1) is 11.1 Å². The molecule has 6 rings (SSSR count). The molecule has 4 aliphatic carbocycles. The van der Waals surface area contributed by atoms with E-state index >= 15 is 0 Å². The molecule has 4 fully saturated rings. The summed E-state index contributed by atoms with van der Waals surface area (Å²) < 4.78 is 2.13. The van der Waals surface area contributed by atoms with Gasteiger partial charge in [-0.3, -0.25) is 4.79 Å². The highest BCUT2D eigenvalue weighted by atomic mass is 32.2. The summed E-state index contributed by atoms with van der Waals surface area (Å²) in [5.74, 6) is 2.41. The van der Waals surface area contributed by atoms with E-state index in [1.54, 1.807) is 23.1 Å². The molecule has 0 atom stereocenters. The van der Waals surface area contributed by atoms with Crippen LogP contribution in [0.1, 0.15) is 38.5 Å². The van der Waals surface area contributed by atoms with Crippen molar-refractivity contribution in [2.45, 2.75) is 50.0 Å². The molecule has 4 nitrogen and oxygen atoms in total. The number of thiazole rings is 1. The van der Waals surface area contributed by atoms with Gasteiger partial charge in [-0.1, -0.05) is 18.2 Å². The molecular formula is C24H29N3OS2. The van der Waals surface area contributed by atoms with Gasteiger partial charge in [0.15, 0.2) is 0 Å². The number of aromatic nitrogens is 1. The molecule has 1 aromatic heterocycles. The quantitative estimate of drug-likeness (QED) is 0.378. The number of hydrogen-bond acceptors (Lipinski definition) is 4. The summed E-state index contributed by atoms with van der Waals surface area (Å²) in [7, 11) is 0. The lowest BCUT2D eigenvalue weighted by molar-refractivity contribution is -0.146. The summed E-state index contributed by atoms with van der Waals surface area (Å²) in [5, 5.41) is 6.71. The van der Waals surface area contributed by atoms with Crippen molar-refractivity contribution in [1.29, 1.82) is 0 Å². The SMILES string of the molecule is C=CCn1c(-c2ccc(SC)cc2)cs/c1=N\NC(=O)C12CC3CC(CC(C3)C1)C2. The fraction of sp³-hybridized carbons (Fsp3) is 0.500. The number of carbonyl (C=O) groups is 1. The normalized spacial score (nSPS) is 29.9. The van der Waals surface area contributed by atoms with Gasteiger partial charge in [0, 0.05) is 16.8 Å². The molecule has 0 unspecified atom stereocenters. The maximum atomic E-state index is 13.3. The second-order valence-corrected chi connectivity index (χ2v) is 11.0. The number of allylic oxidation sites excluding steroid dienone is 1. The van der Waals surface area contributed by atoms with Crippen LogP contribution in [0, 0.1) is 23.2 Å². The zero-order valence-corrected chi connectivity index (χ0v) is 19.1. The molecule has 4 aliphatic rings. The first kappa shape index (κ1) is 20.1.